The minimum absolute atomic E-state index is 0.465. The summed E-state index contributed by atoms with van der Waals surface area (Å²) in [5.74, 6) is 2.04. The average Bonchev–Trinajstić information content (AvgIpc) is 2.13. The number of hydrogen-bond acceptors (Lipinski definition) is 2. The van der Waals surface area contributed by atoms with Crippen LogP contribution in [-0.2, 0) is 0 Å². The predicted molar refractivity (Wildman–Crippen MR) is 83.0 cm³/mol. The molecular weight excluding hydrogens is 232 g/mol. The van der Waals surface area contributed by atoms with Crippen LogP contribution in [0.3, 0.4) is 0 Å². The molecule has 0 nitrogen and oxygen atoms in total. The Labute approximate surface area is 114 Å². The van der Waals surface area contributed by atoms with Crippen LogP contribution in [0.2, 0.25) is 0 Å². The standard InChI is InChI=1S/C14H30S2/c1-13(2,8-5-6-10-15)12-14(3,4)9-7-11-16/h15-16H,5-12H2,1-4H3. The minimum atomic E-state index is 0.465. The van der Waals surface area contributed by atoms with Crippen LogP contribution in [0.1, 0.15) is 66.2 Å². The average molecular weight is 263 g/mol. The van der Waals surface area contributed by atoms with Crippen LogP contribution in [0.25, 0.3) is 0 Å². The van der Waals surface area contributed by atoms with Crippen LogP contribution in [0, 0.1) is 10.8 Å². The van der Waals surface area contributed by atoms with E-state index in [2.05, 4.69) is 53.0 Å². The number of unbranched alkanes of at least 4 members (excludes halogenated alkanes) is 1. The molecule has 98 valence electrons. The predicted octanol–water partition coefficient (Wildman–Crippen LogP) is 5.24. The summed E-state index contributed by atoms with van der Waals surface area (Å²) in [5, 5.41) is 0. The number of rotatable bonds is 9. The highest BCUT2D eigenvalue weighted by atomic mass is 32.1. The van der Waals surface area contributed by atoms with Gasteiger partial charge in [-0.3, -0.25) is 0 Å². The van der Waals surface area contributed by atoms with E-state index in [1.54, 1.807) is 0 Å². The molecule has 0 saturated carbocycles. The van der Waals surface area contributed by atoms with Crippen LogP contribution < -0.4 is 0 Å². The highest BCUT2D eigenvalue weighted by Gasteiger charge is 2.27. The smallest absolute Gasteiger partial charge is 0.00977 e. The fourth-order valence-electron chi connectivity index (χ4n) is 2.75. The monoisotopic (exact) mass is 262 g/mol. The van der Waals surface area contributed by atoms with Crippen molar-refractivity contribution < 1.29 is 0 Å². The lowest BCUT2D eigenvalue weighted by molar-refractivity contribution is 0.168. The molecule has 0 aliphatic rings. The molecule has 0 N–H and O–H groups in total. The third kappa shape index (κ3) is 8.81. The lowest BCUT2D eigenvalue weighted by Crippen LogP contribution is -2.23. The van der Waals surface area contributed by atoms with Gasteiger partial charge in [-0.2, -0.15) is 25.3 Å². The fraction of sp³-hybridized carbons (Fsp3) is 1.00. The van der Waals surface area contributed by atoms with Crippen molar-refractivity contribution in [2.75, 3.05) is 11.5 Å². The number of thiol groups is 2. The molecule has 0 aromatic heterocycles. The summed E-state index contributed by atoms with van der Waals surface area (Å²) in [4.78, 5) is 0. The molecule has 0 rings (SSSR count). The normalized spacial score (nSPS) is 13.1. The second-order valence-electron chi connectivity index (χ2n) is 6.51. The Bertz CT molecular complexity index is 174. The van der Waals surface area contributed by atoms with E-state index in [4.69, 9.17) is 0 Å². The van der Waals surface area contributed by atoms with Gasteiger partial charge in [0.1, 0.15) is 0 Å². The van der Waals surface area contributed by atoms with Crippen molar-refractivity contribution in [1.29, 1.82) is 0 Å². The zero-order valence-corrected chi connectivity index (χ0v) is 13.3. The summed E-state index contributed by atoms with van der Waals surface area (Å²) in [6.45, 7) is 9.62. The molecule has 0 saturated heterocycles. The topological polar surface area (TPSA) is 0 Å². The van der Waals surface area contributed by atoms with Crippen molar-refractivity contribution in [3.05, 3.63) is 0 Å². The summed E-state index contributed by atoms with van der Waals surface area (Å²) >= 11 is 8.58. The van der Waals surface area contributed by atoms with Crippen molar-refractivity contribution in [2.45, 2.75) is 66.2 Å². The molecule has 0 amide bonds. The van der Waals surface area contributed by atoms with Gasteiger partial charge in [-0.15, -0.1) is 0 Å². The van der Waals surface area contributed by atoms with E-state index in [1.165, 1.54) is 38.5 Å². The van der Waals surface area contributed by atoms with Gasteiger partial charge in [-0.05, 0) is 54.4 Å². The highest BCUT2D eigenvalue weighted by molar-refractivity contribution is 7.80. The lowest BCUT2D eigenvalue weighted by atomic mass is 9.71. The van der Waals surface area contributed by atoms with Crippen molar-refractivity contribution in [3.63, 3.8) is 0 Å². The Balaban J connectivity index is 4.01. The van der Waals surface area contributed by atoms with E-state index in [0.29, 0.717) is 10.8 Å². The van der Waals surface area contributed by atoms with Gasteiger partial charge in [0.25, 0.3) is 0 Å². The lowest BCUT2D eigenvalue weighted by Gasteiger charge is -2.35. The maximum Gasteiger partial charge on any atom is -0.00977 e. The van der Waals surface area contributed by atoms with Gasteiger partial charge >= 0.3 is 0 Å². The van der Waals surface area contributed by atoms with Crippen LogP contribution in [-0.4, -0.2) is 11.5 Å². The Hall–Kier alpha value is 0.700. The summed E-state index contributed by atoms with van der Waals surface area (Å²) in [6, 6.07) is 0. The van der Waals surface area contributed by atoms with Gasteiger partial charge in [-0.25, -0.2) is 0 Å². The molecule has 0 radical (unpaired) electrons. The van der Waals surface area contributed by atoms with E-state index in [-0.39, 0.29) is 0 Å². The molecule has 0 atom stereocenters. The quantitative estimate of drug-likeness (QED) is 0.412. The molecule has 0 aromatic rings. The summed E-state index contributed by atoms with van der Waals surface area (Å²) in [6.07, 6.45) is 7.76. The first-order valence-corrected chi connectivity index (χ1v) is 7.81. The Morgan fingerprint density at radius 1 is 0.688 bits per heavy atom. The van der Waals surface area contributed by atoms with Gasteiger partial charge in [0.2, 0.25) is 0 Å². The summed E-state index contributed by atoms with van der Waals surface area (Å²) in [7, 11) is 0. The highest BCUT2D eigenvalue weighted by Crippen LogP contribution is 2.39. The van der Waals surface area contributed by atoms with Crippen molar-refractivity contribution in [1.82, 2.24) is 0 Å². The van der Waals surface area contributed by atoms with Crippen LogP contribution in [0.4, 0.5) is 0 Å². The Morgan fingerprint density at radius 2 is 1.12 bits per heavy atom. The molecular formula is C14H30S2. The third-order valence-corrected chi connectivity index (χ3v) is 3.86. The second-order valence-corrected chi connectivity index (χ2v) is 7.41. The first-order valence-electron chi connectivity index (χ1n) is 6.55. The van der Waals surface area contributed by atoms with Crippen LogP contribution >= 0.6 is 25.3 Å². The summed E-state index contributed by atoms with van der Waals surface area (Å²) < 4.78 is 0. The molecule has 0 spiro atoms. The molecule has 0 bridgehead atoms. The largest absolute Gasteiger partial charge is 0.179 e. The molecule has 0 unspecified atom stereocenters. The zero-order valence-electron chi connectivity index (χ0n) is 11.6. The van der Waals surface area contributed by atoms with Gasteiger partial charge in [-0.1, -0.05) is 34.1 Å². The van der Waals surface area contributed by atoms with Crippen molar-refractivity contribution in [3.8, 4) is 0 Å². The molecule has 16 heavy (non-hydrogen) atoms. The van der Waals surface area contributed by atoms with E-state index in [1.807, 2.05) is 0 Å². The van der Waals surface area contributed by atoms with Gasteiger partial charge < -0.3 is 0 Å². The van der Waals surface area contributed by atoms with E-state index < -0.39 is 0 Å². The van der Waals surface area contributed by atoms with Crippen LogP contribution in [0.15, 0.2) is 0 Å². The van der Waals surface area contributed by atoms with E-state index in [9.17, 15) is 0 Å². The van der Waals surface area contributed by atoms with Crippen LogP contribution in [0.5, 0.6) is 0 Å². The molecule has 0 fully saturated rings. The number of hydrogen-bond donors (Lipinski definition) is 2. The second kappa shape index (κ2) is 7.92. The molecule has 0 aliphatic heterocycles. The molecule has 2 heteroatoms. The Kier molecular flexibility index (Phi) is 8.26. The van der Waals surface area contributed by atoms with Crippen molar-refractivity contribution in [2.24, 2.45) is 10.8 Å². The SMILES string of the molecule is CC(C)(CCCS)CC(C)(C)CCCCS. The third-order valence-electron chi connectivity index (χ3n) is 3.23. The minimum Gasteiger partial charge on any atom is -0.179 e. The van der Waals surface area contributed by atoms with Crippen molar-refractivity contribution >= 4 is 25.3 Å². The molecule has 0 aliphatic carbocycles. The molecule has 0 heterocycles. The first-order chi connectivity index (χ1) is 7.33. The summed E-state index contributed by atoms with van der Waals surface area (Å²) in [5.41, 5.74) is 0.941. The maximum atomic E-state index is 4.30. The van der Waals surface area contributed by atoms with Gasteiger partial charge in [0.05, 0.1) is 0 Å². The van der Waals surface area contributed by atoms with Gasteiger partial charge in [0.15, 0.2) is 0 Å². The Morgan fingerprint density at radius 3 is 1.56 bits per heavy atom. The fourth-order valence-corrected chi connectivity index (χ4v) is 3.13. The molecule has 0 aromatic carbocycles. The first kappa shape index (κ1) is 16.7. The van der Waals surface area contributed by atoms with Gasteiger partial charge in [0, 0.05) is 0 Å². The maximum absolute atomic E-state index is 4.30. The van der Waals surface area contributed by atoms with E-state index >= 15 is 0 Å². The zero-order chi connectivity index (χ0) is 12.7. The van der Waals surface area contributed by atoms with E-state index in [0.717, 1.165) is 11.5 Å².